The summed E-state index contributed by atoms with van der Waals surface area (Å²) in [7, 11) is 0. The highest BCUT2D eigenvalue weighted by Crippen LogP contribution is 2.32. The normalized spacial score (nSPS) is 12.9. The maximum atomic E-state index is 12.6. The third-order valence-corrected chi connectivity index (χ3v) is 7.41. The molecular weight excluding hydrogens is 552 g/mol. The minimum atomic E-state index is -0.288. The lowest BCUT2D eigenvalue weighted by molar-refractivity contribution is 0.0941. The molecule has 0 spiro atoms. The minimum Gasteiger partial charge on any atom is -0.473 e. The molecule has 44 heavy (non-hydrogen) atoms. The van der Waals surface area contributed by atoms with Gasteiger partial charge in [0, 0.05) is 49.6 Å². The summed E-state index contributed by atoms with van der Waals surface area (Å²) in [4.78, 5) is 26.0. The molecule has 222 valence electrons. The van der Waals surface area contributed by atoms with Gasteiger partial charge in [-0.25, -0.2) is 9.78 Å². The molecule has 1 fully saturated rings. The van der Waals surface area contributed by atoms with E-state index >= 15 is 0 Å². The molecule has 0 unspecified atom stereocenters. The number of carbonyl (C=O) groups is 1. The van der Waals surface area contributed by atoms with Gasteiger partial charge < -0.3 is 24.0 Å². The number of rotatable bonds is 10. The summed E-state index contributed by atoms with van der Waals surface area (Å²) < 4.78 is 17.7. The molecule has 8 nitrogen and oxygen atoms in total. The summed E-state index contributed by atoms with van der Waals surface area (Å²) in [6, 6.07) is 37.6. The Morgan fingerprint density at radius 3 is 1.82 bits per heavy atom. The summed E-state index contributed by atoms with van der Waals surface area (Å²) >= 11 is 0. The summed E-state index contributed by atoms with van der Waals surface area (Å²) in [6.45, 7) is 3.56. The van der Waals surface area contributed by atoms with Crippen molar-refractivity contribution in [1.29, 1.82) is 0 Å². The molecule has 0 bridgehead atoms. The van der Waals surface area contributed by atoms with E-state index in [2.05, 4.69) is 4.90 Å². The van der Waals surface area contributed by atoms with Gasteiger partial charge in [-0.2, -0.15) is 4.98 Å². The highest BCUT2D eigenvalue weighted by molar-refractivity contribution is 5.70. The predicted octanol–water partition coefficient (Wildman–Crippen LogP) is 6.76. The van der Waals surface area contributed by atoms with Gasteiger partial charge in [0.1, 0.15) is 25.6 Å². The highest BCUT2D eigenvalue weighted by Gasteiger charge is 2.23. The van der Waals surface area contributed by atoms with E-state index in [4.69, 9.17) is 24.2 Å². The van der Waals surface area contributed by atoms with Crippen molar-refractivity contribution in [2.45, 2.75) is 19.8 Å². The molecule has 5 aromatic rings. The van der Waals surface area contributed by atoms with Gasteiger partial charge in [-0.15, -0.1) is 0 Å². The lowest BCUT2D eigenvalue weighted by Crippen LogP contribution is -2.49. The van der Waals surface area contributed by atoms with E-state index in [0.29, 0.717) is 51.2 Å². The Kier molecular flexibility index (Phi) is 9.27. The fourth-order valence-corrected chi connectivity index (χ4v) is 4.95. The summed E-state index contributed by atoms with van der Waals surface area (Å²) in [6.07, 6.45) is 1.55. The van der Waals surface area contributed by atoms with Crippen molar-refractivity contribution >= 4 is 11.9 Å². The zero-order chi connectivity index (χ0) is 30.0. The second-order valence-electron chi connectivity index (χ2n) is 10.5. The van der Waals surface area contributed by atoms with Crippen molar-refractivity contribution in [2.75, 3.05) is 31.1 Å². The lowest BCUT2D eigenvalue weighted by Gasteiger charge is -2.34. The maximum Gasteiger partial charge on any atom is 0.410 e. The van der Waals surface area contributed by atoms with Gasteiger partial charge in [0.25, 0.3) is 0 Å². The molecular formula is C36H34N4O4. The number of aromatic nitrogens is 2. The third kappa shape index (κ3) is 7.52. The minimum absolute atomic E-state index is 0.273. The fraction of sp³-hybridized carbons (Fsp3) is 0.194. The van der Waals surface area contributed by atoms with E-state index in [1.54, 1.807) is 4.90 Å². The van der Waals surface area contributed by atoms with Crippen LogP contribution in [0.1, 0.15) is 16.7 Å². The van der Waals surface area contributed by atoms with E-state index in [0.717, 1.165) is 33.6 Å². The van der Waals surface area contributed by atoms with Gasteiger partial charge in [0.05, 0.1) is 0 Å². The molecule has 0 atom stereocenters. The molecule has 3 aromatic carbocycles. The van der Waals surface area contributed by atoms with E-state index in [-0.39, 0.29) is 12.7 Å². The standard InChI is InChI=1S/C36H34N4O4/c41-36(44-27-30-14-8-3-9-15-30)40-22-20-39(21-23-40)33-18-16-31(24-37-33)32-17-19-34(42-25-28-10-4-1-5-11-28)38-35(32)43-26-29-12-6-2-7-13-29/h1-19,24H,20-23,25-27H2. The maximum absolute atomic E-state index is 12.6. The van der Waals surface area contributed by atoms with Gasteiger partial charge in [0.15, 0.2) is 0 Å². The fourth-order valence-electron chi connectivity index (χ4n) is 4.95. The van der Waals surface area contributed by atoms with Crippen LogP contribution >= 0.6 is 0 Å². The van der Waals surface area contributed by atoms with Crippen molar-refractivity contribution in [3.63, 3.8) is 0 Å². The van der Waals surface area contributed by atoms with Gasteiger partial charge in [-0.05, 0) is 34.9 Å². The van der Waals surface area contributed by atoms with E-state index in [9.17, 15) is 4.79 Å². The molecule has 6 rings (SSSR count). The largest absolute Gasteiger partial charge is 0.473 e. The second kappa shape index (κ2) is 14.2. The zero-order valence-electron chi connectivity index (χ0n) is 24.4. The first-order valence-electron chi connectivity index (χ1n) is 14.7. The molecule has 1 aliphatic heterocycles. The number of carbonyl (C=O) groups excluding carboxylic acids is 1. The van der Waals surface area contributed by atoms with Gasteiger partial charge in [-0.1, -0.05) is 91.0 Å². The van der Waals surface area contributed by atoms with Gasteiger partial charge in [-0.3, -0.25) is 0 Å². The first-order valence-corrected chi connectivity index (χ1v) is 14.7. The molecule has 0 saturated carbocycles. The number of hydrogen-bond acceptors (Lipinski definition) is 7. The van der Waals surface area contributed by atoms with Crippen LogP contribution in [0.5, 0.6) is 11.8 Å². The van der Waals surface area contributed by atoms with Crippen molar-refractivity contribution in [3.05, 3.63) is 138 Å². The Bertz CT molecular complexity index is 1630. The summed E-state index contributed by atoms with van der Waals surface area (Å²) in [5.74, 6) is 1.83. The third-order valence-electron chi connectivity index (χ3n) is 7.41. The van der Waals surface area contributed by atoms with E-state index in [1.165, 1.54) is 0 Å². The topological polar surface area (TPSA) is 77.0 Å². The van der Waals surface area contributed by atoms with Crippen LogP contribution in [0, 0.1) is 0 Å². The molecule has 1 aliphatic rings. The number of nitrogens with zero attached hydrogens (tertiary/aromatic N) is 4. The molecule has 3 heterocycles. The number of amides is 1. The number of ether oxygens (including phenoxy) is 3. The van der Waals surface area contributed by atoms with E-state index in [1.807, 2.05) is 121 Å². The number of anilines is 1. The number of benzene rings is 3. The highest BCUT2D eigenvalue weighted by atomic mass is 16.6. The average molecular weight is 587 g/mol. The van der Waals surface area contributed by atoms with Crippen LogP contribution in [-0.2, 0) is 24.6 Å². The van der Waals surface area contributed by atoms with Crippen molar-refractivity contribution in [2.24, 2.45) is 0 Å². The number of piperazine rings is 1. The van der Waals surface area contributed by atoms with E-state index < -0.39 is 0 Å². The van der Waals surface area contributed by atoms with Crippen LogP contribution in [0.3, 0.4) is 0 Å². The molecule has 0 radical (unpaired) electrons. The van der Waals surface area contributed by atoms with Crippen LogP contribution in [0.2, 0.25) is 0 Å². The zero-order valence-corrected chi connectivity index (χ0v) is 24.4. The quantitative estimate of drug-likeness (QED) is 0.179. The van der Waals surface area contributed by atoms with Crippen molar-refractivity contribution in [3.8, 4) is 22.9 Å². The first kappa shape index (κ1) is 28.7. The number of hydrogen-bond donors (Lipinski definition) is 0. The molecule has 0 N–H and O–H groups in total. The average Bonchev–Trinajstić information content (AvgIpc) is 3.10. The summed E-state index contributed by atoms with van der Waals surface area (Å²) in [5, 5.41) is 0. The van der Waals surface area contributed by atoms with Crippen LogP contribution in [0.25, 0.3) is 11.1 Å². The van der Waals surface area contributed by atoms with Gasteiger partial charge >= 0.3 is 6.09 Å². The van der Waals surface area contributed by atoms with Crippen LogP contribution < -0.4 is 14.4 Å². The number of pyridine rings is 2. The first-order chi connectivity index (χ1) is 21.7. The molecule has 1 saturated heterocycles. The monoisotopic (exact) mass is 586 g/mol. The summed E-state index contributed by atoms with van der Waals surface area (Å²) in [5.41, 5.74) is 4.81. The smallest absolute Gasteiger partial charge is 0.410 e. The van der Waals surface area contributed by atoms with Crippen LogP contribution in [0.4, 0.5) is 10.6 Å². The Labute approximate surface area is 257 Å². The Morgan fingerprint density at radius 1 is 0.636 bits per heavy atom. The Balaban J connectivity index is 1.10. The van der Waals surface area contributed by atoms with Gasteiger partial charge in [0.2, 0.25) is 11.8 Å². The molecule has 8 heteroatoms. The molecule has 0 aliphatic carbocycles. The second-order valence-corrected chi connectivity index (χ2v) is 10.5. The predicted molar refractivity (Wildman–Crippen MR) is 169 cm³/mol. The van der Waals surface area contributed by atoms with Crippen molar-refractivity contribution < 1.29 is 19.0 Å². The van der Waals surface area contributed by atoms with Crippen LogP contribution in [0.15, 0.2) is 121 Å². The molecule has 2 aromatic heterocycles. The Morgan fingerprint density at radius 2 is 1.23 bits per heavy atom. The lowest BCUT2D eigenvalue weighted by atomic mass is 10.1. The van der Waals surface area contributed by atoms with Crippen LogP contribution in [-0.4, -0.2) is 47.1 Å². The molecule has 1 amide bonds. The van der Waals surface area contributed by atoms with Crippen molar-refractivity contribution in [1.82, 2.24) is 14.9 Å². The SMILES string of the molecule is O=C(OCc1ccccc1)N1CCN(c2ccc(-c3ccc(OCc4ccccc4)nc3OCc3ccccc3)cn2)CC1. The Hall–Kier alpha value is -5.37.